The molecule has 1 N–H and O–H groups in total. The molecule has 4 rings (SSSR count). The smallest absolute Gasteiger partial charge is 0.272 e. The molecule has 28 heavy (non-hydrogen) atoms. The van der Waals surface area contributed by atoms with E-state index in [1.165, 1.54) is 11.3 Å². The number of thiazole rings is 2. The number of rotatable bonds is 6. The summed E-state index contributed by atoms with van der Waals surface area (Å²) in [4.78, 5) is 16.2. The number of nitrogens with zero attached hydrogens (tertiary/aromatic N) is 4. The number of alkyl halides is 2. The van der Waals surface area contributed by atoms with Gasteiger partial charge in [-0.15, -0.1) is 22.7 Å². The lowest BCUT2D eigenvalue weighted by Crippen LogP contribution is -2.55. The van der Waals surface area contributed by atoms with Crippen LogP contribution in [0.1, 0.15) is 40.0 Å². The van der Waals surface area contributed by atoms with Gasteiger partial charge < -0.3 is 5.11 Å². The van der Waals surface area contributed by atoms with Gasteiger partial charge in [0.1, 0.15) is 11.1 Å². The molecule has 0 radical (unpaired) electrons. The van der Waals surface area contributed by atoms with E-state index in [1.54, 1.807) is 29.4 Å². The molecule has 0 bridgehead atoms. The largest absolute Gasteiger partial charge is 0.386 e. The van der Waals surface area contributed by atoms with Crippen molar-refractivity contribution in [1.82, 2.24) is 19.9 Å². The molecule has 1 unspecified atom stereocenters. The van der Waals surface area contributed by atoms with Gasteiger partial charge in [-0.05, 0) is 25.5 Å². The number of aliphatic hydroxyl groups is 1. The Morgan fingerprint density at radius 3 is 2.68 bits per heavy atom. The summed E-state index contributed by atoms with van der Waals surface area (Å²) in [6.45, 7) is 3.78. The number of hydrogen-bond acceptors (Lipinski definition) is 7. The average molecular weight is 423 g/mol. The van der Waals surface area contributed by atoms with Gasteiger partial charge in [0.15, 0.2) is 0 Å². The van der Waals surface area contributed by atoms with Crippen molar-refractivity contribution >= 4 is 22.7 Å². The maximum absolute atomic E-state index is 12.9. The van der Waals surface area contributed by atoms with Gasteiger partial charge in [0, 0.05) is 30.2 Å². The Hall–Kier alpha value is -1.81. The number of aromatic nitrogens is 3. The lowest BCUT2D eigenvalue weighted by molar-refractivity contribution is -0.133. The van der Waals surface area contributed by atoms with E-state index >= 15 is 0 Å². The lowest BCUT2D eigenvalue weighted by atomic mass is 10.1. The van der Waals surface area contributed by atoms with Gasteiger partial charge in [-0.2, -0.15) is 0 Å². The van der Waals surface area contributed by atoms with Crippen molar-refractivity contribution in [3.8, 4) is 10.6 Å². The Kier molecular flexibility index (Phi) is 5.26. The molecule has 148 valence electrons. The minimum atomic E-state index is -2.54. The van der Waals surface area contributed by atoms with Gasteiger partial charge in [0.25, 0.3) is 5.92 Å². The zero-order valence-electron chi connectivity index (χ0n) is 15.5. The molecule has 0 aromatic carbocycles. The Bertz CT molecular complexity index is 961. The summed E-state index contributed by atoms with van der Waals surface area (Å²) >= 11 is 3.03. The number of pyridine rings is 1. The van der Waals surface area contributed by atoms with Gasteiger partial charge in [0.05, 0.1) is 34.4 Å². The highest BCUT2D eigenvalue weighted by molar-refractivity contribution is 7.16. The van der Waals surface area contributed by atoms with Crippen molar-refractivity contribution in [1.29, 1.82) is 0 Å². The first kappa shape index (κ1) is 19.5. The van der Waals surface area contributed by atoms with Crippen molar-refractivity contribution in [3.63, 3.8) is 0 Å². The highest BCUT2D eigenvalue weighted by Crippen LogP contribution is 2.33. The molecule has 1 atom stereocenters. The normalized spacial score (nSPS) is 17.5. The fraction of sp³-hybridized carbons (Fsp3) is 0.421. The van der Waals surface area contributed by atoms with Crippen LogP contribution in [0.15, 0.2) is 23.7 Å². The summed E-state index contributed by atoms with van der Waals surface area (Å²) in [6, 6.07) is 3.87. The molecule has 0 aliphatic carbocycles. The van der Waals surface area contributed by atoms with Gasteiger partial charge in [-0.1, -0.05) is 6.07 Å². The van der Waals surface area contributed by atoms with E-state index in [1.807, 2.05) is 24.4 Å². The maximum Gasteiger partial charge on any atom is 0.272 e. The number of halogens is 2. The highest BCUT2D eigenvalue weighted by atomic mass is 32.1. The third kappa shape index (κ3) is 4.27. The third-order valence-corrected chi connectivity index (χ3v) is 6.69. The number of hydrogen-bond donors (Lipinski definition) is 1. The quantitative estimate of drug-likeness (QED) is 0.649. The van der Waals surface area contributed by atoms with Crippen LogP contribution in [-0.2, 0) is 13.0 Å². The minimum absolute atomic E-state index is 0.176. The van der Waals surface area contributed by atoms with Gasteiger partial charge >= 0.3 is 0 Å². The molecule has 9 heteroatoms. The van der Waals surface area contributed by atoms with Gasteiger partial charge in [-0.25, -0.2) is 18.7 Å². The second-order valence-corrected chi connectivity index (χ2v) is 9.08. The summed E-state index contributed by atoms with van der Waals surface area (Å²) in [6.07, 6.45) is 1.79. The molecule has 4 heterocycles. The first-order valence-electron chi connectivity index (χ1n) is 8.93. The van der Waals surface area contributed by atoms with Crippen LogP contribution < -0.4 is 0 Å². The number of aryl methyl sites for hydroxylation is 1. The molecule has 5 nitrogen and oxygen atoms in total. The van der Waals surface area contributed by atoms with Crippen molar-refractivity contribution in [3.05, 3.63) is 50.7 Å². The average Bonchev–Trinajstić information content (AvgIpc) is 3.21. The van der Waals surface area contributed by atoms with Crippen molar-refractivity contribution in [2.45, 2.75) is 38.8 Å². The summed E-state index contributed by atoms with van der Waals surface area (Å²) in [5.74, 6) is -2.54. The van der Waals surface area contributed by atoms with E-state index in [-0.39, 0.29) is 13.1 Å². The van der Waals surface area contributed by atoms with Crippen LogP contribution >= 0.6 is 22.7 Å². The first-order valence-corrected chi connectivity index (χ1v) is 10.6. The second kappa shape index (κ2) is 7.55. The van der Waals surface area contributed by atoms with E-state index < -0.39 is 12.0 Å². The summed E-state index contributed by atoms with van der Waals surface area (Å²) < 4.78 is 25.8. The molecule has 0 spiro atoms. The van der Waals surface area contributed by atoms with E-state index in [9.17, 15) is 13.9 Å². The van der Waals surface area contributed by atoms with Crippen LogP contribution in [0.5, 0.6) is 0 Å². The predicted octanol–water partition coefficient (Wildman–Crippen LogP) is 4.07. The molecular weight excluding hydrogens is 402 g/mol. The Morgan fingerprint density at radius 2 is 2.07 bits per heavy atom. The second-order valence-electron chi connectivity index (χ2n) is 7.10. The lowest BCUT2D eigenvalue weighted by Gasteiger charge is -2.38. The van der Waals surface area contributed by atoms with Crippen LogP contribution in [0.4, 0.5) is 8.78 Å². The van der Waals surface area contributed by atoms with Crippen LogP contribution in [-0.4, -0.2) is 44.0 Å². The van der Waals surface area contributed by atoms with Crippen molar-refractivity contribution < 1.29 is 13.9 Å². The topological polar surface area (TPSA) is 62.1 Å². The van der Waals surface area contributed by atoms with Gasteiger partial charge in [-0.3, -0.25) is 9.88 Å². The third-order valence-electron chi connectivity index (χ3n) is 4.49. The monoisotopic (exact) mass is 422 g/mol. The maximum atomic E-state index is 12.9. The number of aliphatic hydroxyl groups excluding tert-OH is 1. The zero-order chi connectivity index (χ0) is 19.9. The Labute approximate surface area is 169 Å². The molecule has 1 aliphatic rings. The minimum Gasteiger partial charge on any atom is -0.386 e. The Morgan fingerprint density at radius 1 is 1.29 bits per heavy atom. The zero-order valence-corrected chi connectivity index (χ0v) is 17.2. The van der Waals surface area contributed by atoms with Gasteiger partial charge in [0.2, 0.25) is 0 Å². The SMILES string of the molecule is Cc1nc(C(C)O)sc1-c1csc(Cc2ccc(CN3CC(F)(F)C3)cn2)n1. The molecule has 3 aromatic heterocycles. The summed E-state index contributed by atoms with van der Waals surface area (Å²) in [7, 11) is 0. The molecular formula is C19H20F2N4OS2. The fourth-order valence-corrected chi connectivity index (χ4v) is 4.96. The predicted molar refractivity (Wildman–Crippen MR) is 106 cm³/mol. The molecule has 1 aliphatic heterocycles. The highest BCUT2D eigenvalue weighted by Gasteiger charge is 2.43. The van der Waals surface area contributed by atoms with Crippen LogP contribution in [0.25, 0.3) is 10.6 Å². The standard InChI is InChI=1S/C19H20F2N4OS2/c1-11-17(28-18(23-11)12(2)26)15-8-27-16(24-15)5-14-4-3-13(6-22-14)7-25-9-19(20,21)10-25/h3-4,6,8,12,26H,5,7,9-10H2,1-2H3. The molecule has 3 aromatic rings. The van der Waals surface area contributed by atoms with Crippen LogP contribution in [0.2, 0.25) is 0 Å². The Balaban J connectivity index is 1.40. The van der Waals surface area contributed by atoms with Crippen molar-refractivity contribution in [2.75, 3.05) is 13.1 Å². The fourth-order valence-electron chi connectivity index (χ4n) is 3.12. The first-order chi connectivity index (χ1) is 13.3. The van der Waals surface area contributed by atoms with E-state index in [0.29, 0.717) is 18.0 Å². The molecule has 0 amide bonds. The number of likely N-dealkylation sites (tertiary alicyclic amines) is 1. The summed E-state index contributed by atoms with van der Waals surface area (Å²) in [5, 5.41) is 13.4. The molecule has 0 saturated carbocycles. The van der Waals surface area contributed by atoms with Crippen LogP contribution in [0.3, 0.4) is 0 Å². The van der Waals surface area contributed by atoms with E-state index in [0.717, 1.165) is 32.5 Å². The molecule has 1 fully saturated rings. The van der Waals surface area contributed by atoms with Crippen molar-refractivity contribution in [2.24, 2.45) is 0 Å². The van der Waals surface area contributed by atoms with Crippen LogP contribution in [0, 0.1) is 6.92 Å². The summed E-state index contributed by atoms with van der Waals surface area (Å²) in [5.41, 5.74) is 3.57. The van der Waals surface area contributed by atoms with E-state index in [4.69, 9.17) is 4.98 Å². The van der Waals surface area contributed by atoms with E-state index in [2.05, 4.69) is 9.97 Å². The molecule has 1 saturated heterocycles.